The summed E-state index contributed by atoms with van der Waals surface area (Å²) in [6.07, 6.45) is 5.46. The van der Waals surface area contributed by atoms with Crippen molar-refractivity contribution in [3.05, 3.63) is 28.2 Å². The SMILES string of the molecule is CC(C)CN(c1ccc(CBr)cc1Br)C1CCCC1. The molecule has 0 saturated heterocycles. The zero-order valence-electron chi connectivity index (χ0n) is 11.8. The standard InChI is InChI=1S/C16H23Br2N/c1-12(2)11-19(14-5-3-4-6-14)16-8-7-13(10-17)9-15(16)18/h7-9,12,14H,3-6,10-11H2,1-2H3. The van der Waals surface area contributed by atoms with Crippen LogP contribution in [0.1, 0.15) is 45.1 Å². The Kier molecular flexibility index (Phi) is 5.76. The first kappa shape index (κ1) is 15.4. The van der Waals surface area contributed by atoms with Crippen molar-refractivity contribution in [1.29, 1.82) is 0 Å². The van der Waals surface area contributed by atoms with Gasteiger partial charge in [0.15, 0.2) is 0 Å². The third-order valence-electron chi connectivity index (χ3n) is 3.80. The Balaban J connectivity index is 2.26. The van der Waals surface area contributed by atoms with E-state index >= 15 is 0 Å². The second-order valence-corrected chi connectivity index (χ2v) is 7.32. The normalized spacial score (nSPS) is 16.3. The maximum atomic E-state index is 3.76. The Morgan fingerprint density at radius 1 is 1.26 bits per heavy atom. The topological polar surface area (TPSA) is 3.24 Å². The molecule has 0 spiro atoms. The molecule has 0 aromatic heterocycles. The maximum Gasteiger partial charge on any atom is 0.0513 e. The summed E-state index contributed by atoms with van der Waals surface area (Å²) in [6.45, 7) is 5.77. The maximum absolute atomic E-state index is 3.76. The number of anilines is 1. The van der Waals surface area contributed by atoms with Gasteiger partial charge in [-0.2, -0.15) is 0 Å². The molecule has 106 valence electrons. The van der Waals surface area contributed by atoms with E-state index in [9.17, 15) is 0 Å². The molecule has 3 heteroatoms. The molecule has 19 heavy (non-hydrogen) atoms. The van der Waals surface area contributed by atoms with Crippen LogP contribution in [0.5, 0.6) is 0 Å². The molecule has 0 aliphatic heterocycles. The number of nitrogens with zero attached hydrogens (tertiary/aromatic N) is 1. The highest BCUT2D eigenvalue weighted by molar-refractivity contribution is 9.10. The van der Waals surface area contributed by atoms with Crippen molar-refractivity contribution in [2.45, 2.75) is 50.9 Å². The van der Waals surface area contributed by atoms with Gasteiger partial charge >= 0.3 is 0 Å². The van der Waals surface area contributed by atoms with Crippen LogP contribution in [0.4, 0.5) is 5.69 Å². The predicted octanol–water partition coefficient (Wildman–Crippen LogP) is 5.75. The minimum absolute atomic E-state index is 0.698. The number of benzene rings is 1. The van der Waals surface area contributed by atoms with Gasteiger partial charge in [0.25, 0.3) is 0 Å². The van der Waals surface area contributed by atoms with Crippen LogP contribution in [-0.4, -0.2) is 12.6 Å². The van der Waals surface area contributed by atoms with Crippen LogP contribution in [0.3, 0.4) is 0 Å². The molecule has 0 bridgehead atoms. The van der Waals surface area contributed by atoms with Gasteiger partial charge in [0, 0.05) is 22.4 Å². The minimum Gasteiger partial charge on any atom is -0.367 e. The third-order valence-corrected chi connectivity index (χ3v) is 5.09. The first-order valence-corrected chi connectivity index (χ1v) is 9.14. The average Bonchev–Trinajstić information content (AvgIpc) is 2.89. The first-order chi connectivity index (χ1) is 9.11. The molecule has 0 radical (unpaired) electrons. The fraction of sp³-hybridized carbons (Fsp3) is 0.625. The van der Waals surface area contributed by atoms with Gasteiger partial charge in [-0.3, -0.25) is 0 Å². The summed E-state index contributed by atoms with van der Waals surface area (Å²) in [5.74, 6) is 0.698. The molecule has 1 saturated carbocycles. The van der Waals surface area contributed by atoms with Crippen LogP contribution in [0.15, 0.2) is 22.7 Å². The first-order valence-electron chi connectivity index (χ1n) is 7.23. The van der Waals surface area contributed by atoms with Crippen LogP contribution in [0.25, 0.3) is 0 Å². The molecule has 1 nitrogen and oxygen atoms in total. The van der Waals surface area contributed by atoms with Crippen molar-refractivity contribution in [2.24, 2.45) is 5.92 Å². The fourth-order valence-corrected chi connectivity index (χ4v) is 3.92. The van der Waals surface area contributed by atoms with E-state index in [2.05, 4.69) is 68.8 Å². The predicted molar refractivity (Wildman–Crippen MR) is 91.2 cm³/mol. The van der Waals surface area contributed by atoms with E-state index in [-0.39, 0.29) is 0 Å². The molecule has 1 aliphatic rings. The van der Waals surface area contributed by atoms with Crippen LogP contribution in [0.2, 0.25) is 0 Å². The van der Waals surface area contributed by atoms with Crippen LogP contribution < -0.4 is 4.90 Å². The summed E-state index contributed by atoms with van der Waals surface area (Å²) in [5.41, 5.74) is 2.69. The average molecular weight is 389 g/mol. The van der Waals surface area contributed by atoms with E-state index in [0.29, 0.717) is 5.92 Å². The number of hydrogen-bond donors (Lipinski definition) is 0. The highest BCUT2D eigenvalue weighted by Crippen LogP contribution is 2.34. The third kappa shape index (κ3) is 3.98. The molecule has 0 N–H and O–H groups in total. The van der Waals surface area contributed by atoms with Gasteiger partial charge < -0.3 is 4.90 Å². The molecular weight excluding hydrogens is 366 g/mol. The van der Waals surface area contributed by atoms with Gasteiger partial charge in [-0.15, -0.1) is 0 Å². The second kappa shape index (κ2) is 7.12. The summed E-state index contributed by atoms with van der Waals surface area (Å²) in [5, 5.41) is 0.916. The van der Waals surface area contributed by atoms with E-state index in [0.717, 1.165) is 17.9 Å². The molecule has 0 atom stereocenters. The van der Waals surface area contributed by atoms with Crippen LogP contribution >= 0.6 is 31.9 Å². The van der Waals surface area contributed by atoms with Crippen LogP contribution in [-0.2, 0) is 5.33 Å². The minimum atomic E-state index is 0.698. The molecule has 0 unspecified atom stereocenters. The van der Waals surface area contributed by atoms with E-state index in [4.69, 9.17) is 0 Å². The quantitative estimate of drug-likeness (QED) is 0.580. The highest BCUT2D eigenvalue weighted by atomic mass is 79.9. The van der Waals surface area contributed by atoms with E-state index in [1.165, 1.54) is 41.4 Å². The van der Waals surface area contributed by atoms with E-state index in [1.54, 1.807) is 0 Å². The van der Waals surface area contributed by atoms with Gasteiger partial charge in [0.1, 0.15) is 0 Å². The number of hydrogen-bond acceptors (Lipinski definition) is 1. The Labute approximate surface area is 134 Å². The van der Waals surface area contributed by atoms with Crippen LogP contribution in [0, 0.1) is 5.92 Å². The number of alkyl halides is 1. The van der Waals surface area contributed by atoms with Crippen molar-refractivity contribution >= 4 is 37.5 Å². The molecule has 0 heterocycles. The van der Waals surface area contributed by atoms with Gasteiger partial charge in [-0.05, 0) is 52.4 Å². The second-order valence-electron chi connectivity index (χ2n) is 5.90. The van der Waals surface area contributed by atoms with Crippen molar-refractivity contribution in [1.82, 2.24) is 0 Å². The van der Waals surface area contributed by atoms with Gasteiger partial charge in [-0.25, -0.2) is 0 Å². The van der Waals surface area contributed by atoms with Gasteiger partial charge in [0.05, 0.1) is 5.69 Å². The lowest BCUT2D eigenvalue weighted by Crippen LogP contribution is -2.36. The zero-order valence-corrected chi connectivity index (χ0v) is 15.0. The Morgan fingerprint density at radius 2 is 1.95 bits per heavy atom. The van der Waals surface area contributed by atoms with Crippen molar-refractivity contribution < 1.29 is 0 Å². The summed E-state index contributed by atoms with van der Waals surface area (Å²) in [7, 11) is 0. The van der Waals surface area contributed by atoms with Crippen molar-refractivity contribution in [3.63, 3.8) is 0 Å². The summed E-state index contributed by atoms with van der Waals surface area (Å²) < 4.78 is 1.23. The lowest BCUT2D eigenvalue weighted by molar-refractivity contribution is 0.535. The summed E-state index contributed by atoms with van der Waals surface area (Å²) >= 11 is 7.29. The zero-order chi connectivity index (χ0) is 13.8. The highest BCUT2D eigenvalue weighted by Gasteiger charge is 2.24. The largest absolute Gasteiger partial charge is 0.367 e. The fourth-order valence-electron chi connectivity index (χ4n) is 2.92. The molecule has 1 aromatic rings. The molecule has 0 amide bonds. The number of rotatable bonds is 5. The Bertz CT molecular complexity index is 411. The van der Waals surface area contributed by atoms with Crippen molar-refractivity contribution in [3.8, 4) is 0 Å². The summed E-state index contributed by atoms with van der Waals surface area (Å²) in [6, 6.07) is 7.48. The molecule has 1 aromatic carbocycles. The molecule has 2 rings (SSSR count). The molecular formula is C16H23Br2N. The van der Waals surface area contributed by atoms with E-state index < -0.39 is 0 Å². The Hall–Kier alpha value is -0.0200. The lowest BCUT2D eigenvalue weighted by Gasteiger charge is -2.33. The summed E-state index contributed by atoms with van der Waals surface area (Å²) in [4.78, 5) is 2.62. The van der Waals surface area contributed by atoms with Gasteiger partial charge in [0.2, 0.25) is 0 Å². The van der Waals surface area contributed by atoms with E-state index in [1.807, 2.05) is 0 Å². The van der Waals surface area contributed by atoms with Crippen molar-refractivity contribution in [2.75, 3.05) is 11.4 Å². The number of halogens is 2. The lowest BCUT2D eigenvalue weighted by atomic mass is 10.1. The smallest absolute Gasteiger partial charge is 0.0513 e. The Morgan fingerprint density at radius 3 is 2.47 bits per heavy atom. The monoisotopic (exact) mass is 387 g/mol. The molecule has 1 fully saturated rings. The molecule has 1 aliphatic carbocycles. The van der Waals surface area contributed by atoms with Gasteiger partial charge in [-0.1, -0.05) is 48.7 Å².